The summed E-state index contributed by atoms with van der Waals surface area (Å²) in [5.74, 6) is -0.335. The number of ether oxygens (including phenoxy) is 1. The molecule has 2 aliphatic rings. The topological polar surface area (TPSA) is 83.2 Å². The van der Waals surface area contributed by atoms with Gasteiger partial charge in [-0.3, -0.25) is 14.5 Å². The van der Waals surface area contributed by atoms with Crippen LogP contribution in [0.15, 0.2) is 52.5 Å². The number of carbonyl (C=O) groups is 2. The van der Waals surface area contributed by atoms with E-state index >= 15 is 0 Å². The van der Waals surface area contributed by atoms with Crippen LogP contribution in [0.4, 0.5) is 0 Å². The van der Waals surface area contributed by atoms with Crippen molar-refractivity contribution in [3.63, 3.8) is 0 Å². The van der Waals surface area contributed by atoms with Crippen LogP contribution in [0.3, 0.4) is 0 Å². The van der Waals surface area contributed by atoms with Crippen LogP contribution in [-0.4, -0.2) is 66.0 Å². The number of nitrogens with zero attached hydrogens (tertiary/aromatic N) is 2. The lowest BCUT2D eigenvalue weighted by Crippen LogP contribution is -2.42. The molecule has 2 aromatic rings. The number of benzene rings is 1. The highest BCUT2D eigenvalue weighted by Crippen LogP contribution is 2.39. The molecule has 2 saturated heterocycles. The Balaban J connectivity index is 1.70. The Bertz CT molecular complexity index is 928. The third kappa shape index (κ3) is 3.83. The number of hydrogen-bond donors (Lipinski definition) is 1. The van der Waals surface area contributed by atoms with Crippen molar-refractivity contribution in [1.29, 1.82) is 0 Å². The highest BCUT2D eigenvalue weighted by molar-refractivity contribution is 6.46. The van der Waals surface area contributed by atoms with Crippen LogP contribution in [0.25, 0.3) is 5.76 Å². The molecule has 3 heterocycles. The maximum atomic E-state index is 12.9. The second-order valence-corrected chi connectivity index (χ2v) is 7.26. The van der Waals surface area contributed by atoms with Gasteiger partial charge in [0.15, 0.2) is 0 Å². The van der Waals surface area contributed by atoms with Crippen molar-refractivity contribution in [3.05, 3.63) is 65.1 Å². The second-order valence-electron chi connectivity index (χ2n) is 7.26. The summed E-state index contributed by atoms with van der Waals surface area (Å²) >= 11 is 0. The van der Waals surface area contributed by atoms with Gasteiger partial charge in [-0.05, 0) is 19.1 Å². The number of Topliss-reactive ketones (excluding diaryl/α,β-unsaturated/α-hetero) is 1. The monoisotopic (exact) mass is 396 g/mol. The van der Waals surface area contributed by atoms with Gasteiger partial charge in [0, 0.05) is 31.7 Å². The lowest BCUT2D eigenvalue weighted by Gasteiger charge is -2.30. The van der Waals surface area contributed by atoms with E-state index in [1.165, 1.54) is 4.90 Å². The fraction of sp³-hybridized carbons (Fsp3) is 0.364. The minimum Gasteiger partial charge on any atom is -0.507 e. The lowest BCUT2D eigenvalue weighted by atomic mass is 9.99. The van der Waals surface area contributed by atoms with Gasteiger partial charge in [0.25, 0.3) is 11.7 Å². The normalized spacial score (nSPS) is 22.4. The molecule has 4 rings (SSSR count). The van der Waals surface area contributed by atoms with E-state index in [9.17, 15) is 14.7 Å². The third-order valence-corrected chi connectivity index (χ3v) is 5.38. The molecule has 1 unspecified atom stereocenters. The van der Waals surface area contributed by atoms with Crippen LogP contribution in [-0.2, 0) is 14.3 Å². The highest BCUT2D eigenvalue weighted by Gasteiger charge is 2.47. The lowest BCUT2D eigenvalue weighted by molar-refractivity contribution is -0.140. The van der Waals surface area contributed by atoms with E-state index in [0.717, 1.165) is 13.1 Å². The number of amides is 1. The smallest absolute Gasteiger partial charge is 0.295 e. The number of carbonyl (C=O) groups excluding carboxylic acids is 2. The van der Waals surface area contributed by atoms with Gasteiger partial charge in [-0.2, -0.15) is 0 Å². The minimum absolute atomic E-state index is 0.0672. The molecule has 1 aromatic heterocycles. The van der Waals surface area contributed by atoms with Crippen LogP contribution in [0.1, 0.15) is 23.1 Å². The average Bonchev–Trinajstić information content (AvgIpc) is 3.28. The number of furan rings is 1. The van der Waals surface area contributed by atoms with E-state index in [1.807, 2.05) is 6.07 Å². The molecule has 1 amide bonds. The molecule has 2 aliphatic heterocycles. The quantitative estimate of drug-likeness (QED) is 0.475. The number of aliphatic hydroxyl groups excluding tert-OH is 1. The standard InChI is InChI=1S/C22H24N2O5/c1-15-7-8-17(29-15)19-18(20(25)16-5-3-2-4-6-16)21(26)22(27)24(19)10-9-23-11-13-28-14-12-23/h2-8,19,25H,9-14H2,1H3. The van der Waals surface area contributed by atoms with E-state index < -0.39 is 17.7 Å². The van der Waals surface area contributed by atoms with Gasteiger partial charge < -0.3 is 19.2 Å². The molecule has 7 nitrogen and oxygen atoms in total. The Kier molecular flexibility index (Phi) is 5.51. The summed E-state index contributed by atoms with van der Waals surface area (Å²) in [6.45, 7) is 5.69. The zero-order valence-corrected chi connectivity index (χ0v) is 16.3. The maximum absolute atomic E-state index is 12.9. The van der Waals surface area contributed by atoms with Crippen LogP contribution >= 0.6 is 0 Å². The Labute approximate surface area is 169 Å². The van der Waals surface area contributed by atoms with E-state index in [-0.39, 0.29) is 11.3 Å². The number of ketones is 1. The summed E-state index contributed by atoms with van der Waals surface area (Å²) in [4.78, 5) is 29.5. The van der Waals surface area contributed by atoms with Gasteiger partial charge in [0.2, 0.25) is 0 Å². The predicted molar refractivity (Wildman–Crippen MR) is 106 cm³/mol. The zero-order chi connectivity index (χ0) is 20.4. The van der Waals surface area contributed by atoms with E-state index in [2.05, 4.69) is 4.90 Å². The molecule has 0 radical (unpaired) electrons. The second kappa shape index (κ2) is 8.23. The molecule has 1 aromatic carbocycles. The van der Waals surface area contributed by atoms with Gasteiger partial charge in [0.05, 0.1) is 18.8 Å². The summed E-state index contributed by atoms with van der Waals surface area (Å²) in [6, 6.07) is 11.6. The number of aliphatic hydroxyl groups is 1. The molecule has 0 aliphatic carbocycles. The van der Waals surface area contributed by atoms with Crippen molar-refractivity contribution in [2.24, 2.45) is 0 Å². The van der Waals surface area contributed by atoms with E-state index in [4.69, 9.17) is 9.15 Å². The fourth-order valence-corrected chi connectivity index (χ4v) is 3.83. The molecule has 29 heavy (non-hydrogen) atoms. The molecular weight excluding hydrogens is 372 g/mol. The van der Waals surface area contributed by atoms with Crippen LogP contribution < -0.4 is 0 Å². The van der Waals surface area contributed by atoms with Crippen molar-refractivity contribution in [3.8, 4) is 0 Å². The minimum atomic E-state index is -0.745. The molecule has 2 fully saturated rings. The van der Waals surface area contributed by atoms with Crippen LogP contribution in [0.5, 0.6) is 0 Å². The number of morpholine rings is 1. The Morgan fingerprint density at radius 3 is 2.45 bits per heavy atom. The fourth-order valence-electron chi connectivity index (χ4n) is 3.83. The summed E-state index contributed by atoms with van der Waals surface area (Å²) < 4.78 is 11.1. The largest absolute Gasteiger partial charge is 0.507 e. The van der Waals surface area contributed by atoms with Crippen LogP contribution in [0.2, 0.25) is 0 Å². The maximum Gasteiger partial charge on any atom is 0.295 e. The van der Waals surface area contributed by atoms with Gasteiger partial charge in [-0.1, -0.05) is 30.3 Å². The molecule has 0 spiro atoms. The molecule has 1 N–H and O–H groups in total. The number of likely N-dealkylation sites (tertiary alicyclic amines) is 1. The van der Waals surface area contributed by atoms with Gasteiger partial charge in [0.1, 0.15) is 23.3 Å². The Hall–Kier alpha value is -2.90. The van der Waals surface area contributed by atoms with Crippen molar-refractivity contribution in [2.45, 2.75) is 13.0 Å². The van der Waals surface area contributed by atoms with Gasteiger partial charge in [-0.25, -0.2) is 0 Å². The molecule has 152 valence electrons. The van der Waals surface area contributed by atoms with Crippen molar-refractivity contribution in [1.82, 2.24) is 9.80 Å². The molecular formula is C22H24N2O5. The van der Waals surface area contributed by atoms with Crippen molar-refractivity contribution in [2.75, 3.05) is 39.4 Å². The number of rotatable bonds is 5. The van der Waals surface area contributed by atoms with Crippen LogP contribution in [0, 0.1) is 6.92 Å². The number of aryl methyl sites for hydroxylation is 1. The van der Waals surface area contributed by atoms with Gasteiger partial charge in [-0.15, -0.1) is 0 Å². The predicted octanol–water partition coefficient (Wildman–Crippen LogP) is 2.34. The van der Waals surface area contributed by atoms with Crippen molar-refractivity contribution >= 4 is 17.4 Å². The summed E-state index contributed by atoms with van der Waals surface area (Å²) in [5.41, 5.74) is 0.560. The van der Waals surface area contributed by atoms with E-state index in [0.29, 0.717) is 43.4 Å². The summed E-state index contributed by atoms with van der Waals surface area (Å²) in [6.07, 6.45) is 0. The Morgan fingerprint density at radius 1 is 1.07 bits per heavy atom. The van der Waals surface area contributed by atoms with Gasteiger partial charge >= 0.3 is 0 Å². The highest BCUT2D eigenvalue weighted by atomic mass is 16.5. The molecule has 1 atom stereocenters. The molecule has 0 bridgehead atoms. The first-order valence-corrected chi connectivity index (χ1v) is 9.76. The third-order valence-electron chi connectivity index (χ3n) is 5.38. The van der Waals surface area contributed by atoms with Crippen molar-refractivity contribution < 1.29 is 23.8 Å². The first-order valence-electron chi connectivity index (χ1n) is 9.76. The number of hydrogen-bond acceptors (Lipinski definition) is 6. The summed E-state index contributed by atoms with van der Waals surface area (Å²) in [5, 5.41) is 10.9. The first-order chi connectivity index (χ1) is 14.1. The van der Waals surface area contributed by atoms with E-state index in [1.54, 1.807) is 43.3 Å². The molecule has 0 saturated carbocycles. The average molecular weight is 396 g/mol. The SMILES string of the molecule is Cc1ccc(C2C(=C(O)c3ccccc3)C(=O)C(=O)N2CCN2CCOCC2)o1. The zero-order valence-electron chi connectivity index (χ0n) is 16.3. The summed E-state index contributed by atoms with van der Waals surface area (Å²) in [7, 11) is 0. The molecule has 7 heteroatoms. The Morgan fingerprint density at radius 2 is 1.79 bits per heavy atom. The first kappa shape index (κ1) is 19.4.